The van der Waals surface area contributed by atoms with Crippen molar-refractivity contribution < 1.29 is 28.6 Å². The molecular formula is C74H120O6. The lowest BCUT2D eigenvalue weighted by Gasteiger charge is -2.18. The summed E-state index contributed by atoms with van der Waals surface area (Å²) in [7, 11) is 0. The maximum atomic E-state index is 12.8. The molecule has 0 N–H and O–H groups in total. The standard InChI is InChI=1S/C74H120O6/c1-4-7-10-13-16-19-22-24-26-28-30-31-32-33-34-35-36-37-38-39-40-41-42-43-45-46-48-50-52-55-58-61-64-67-73(76)79-70-71(69-78-72(75)66-63-60-57-54-21-18-15-12-9-6-3)80-74(77)68-65-62-59-56-53-51-49-47-44-29-27-25-23-20-17-14-11-8-5-2/h7-8,10-11,16-17,19-20,24-27,30-31,33-34,36-37,44,47,51,53,59,62,71H,4-6,9,12-15,18,21-23,28-29,32,35,38-43,45-46,48-50,52,54-58,60-61,63-70H2,1-3H3/b10-7-,11-8-,19-16-,20-17-,26-24-,27-25-,31-30-,34-33-,37-36-,47-44-,53-51-,62-59-. The van der Waals surface area contributed by atoms with Crippen LogP contribution in [0.1, 0.15) is 284 Å². The van der Waals surface area contributed by atoms with E-state index in [4.69, 9.17) is 14.2 Å². The summed E-state index contributed by atoms with van der Waals surface area (Å²) in [6, 6.07) is 0. The summed E-state index contributed by atoms with van der Waals surface area (Å²) in [5, 5.41) is 0. The van der Waals surface area contributed by atoms with Crippen molar-refractivity contribution in [1.82, 2.24) is 0 Å². The van der Waals surface area contributed by atoms with E-state index in [1.54, 1.807) is 0 Å². The summed E-state index contributed by atoms with van der Waals surface area (Å²) >= 11 is 0. The zero-order valence-electron chi connectivity index (χ0n) is 51.8. The summed E-state index contributed by atoms with van der Waals surface area (Å²) in [5.41, 5.74) is 0. The molecule has 80 heavy (non-hydrogen) atoms. The van der Waals surface area contributed by atoms with Crippen LogP contribution >= 0.6 is 0 Å². The topological polar surface area (TPSA) is 78.9 Å². The normalized spacial score (nSPS) is 13.1. The van der Waals surface area contributed by atoms with Crippen molar-refractivity contribution in [2.45, 2.75) is 290 Å². The number of rotatable bonds is 58. The molecular weight excluding hydrogens is 985 g/mol. The summed E-state index contributed by atoms with van der Waals surface area (Å²) < 4.78 is 16.8. The maximum absolute atomic E-state index is 12.8. The molecule has 0 amide bonds. The Bertz CT molecular complexity index is 1750. The van der Waals surface area contributed by atoms with E-state index in [0.717, 1.165) is 116 Å². The van der Waals surface area contributed by atoms with E-state index in [-0.39, 0.29) is 31.6 Å². The second-order valence-electron chi connectivity index (χ2n) is 21.3. The van der Waals surface area contributed by atoms with Crippen LogP contribution in [-0.4, -0.2) is 37.2 Å². The van der Waals surface area contributed by atoms with Gasteiger partial charge in [-0.2, -0.15) is 0 Å². The van der Waals surface area contributed by atoms with Crippen LogP contribution in [-0.2, 0) is 28.6 Å². The first-order chi connectivity index (χ1) is 39.5. The Kier molecular flexibility index (Phi) is 62.9. The molecule has 452 valence electrons. The molecule has 0 spiro atoms. The summed E-state index contributed by atoms with van der Waals surface area (Å²) in [6.45, 7) is 6.34. The highest BCUT2D eigenvalue weighted by molar-refractivity contribution is 5.71. The van der Waals surface area contributed by atoms with Gasteiger partial charge < -0.3 is 14.2 Å². The van der Waals surface area contributed by atoms with Crippen LogP contribution in [0.2, 0.25) is 0 Å². The van der Waals surface area contributed by atoms with Gasteiger partial charge in [-0.25, -0.2) is 0 Å². The number of allylic oxidation sites excluding steroid dienone is 24. The monoisotopic (exact) mass is 1100 g/mol. The number of carbonyl (C=O) groups is 3. The molecule has 0 aliphatic carbocycles. The second kappa shape index (κ2) is 66.8. The predicted molar refractivity (Wildman–Crippen MR) is 348 cm³/mol. The van der Waals surface area contributed by atoms with E-state index in [2.05, 4.69) is 161 Å². The van der Waals surface area contributed by atoms with Gasteiger partial charge in [-0.1, -0.05) is 301 Å². The van der Waals surface area contributed by atoms with Crippen molar-refractivity contribution in [3.63, 3.8) is 0 Å². The Morgan fingerprint density at radius 2 is 0.512 bits per heavy atom. The summed E-state index contributed by atoms with van der Waals surface area (Å²) in [5.74, 6) is -0.995. The van der Waals surface area contributed by atoms with Crippen LogP contribution in [0, 0.1) is 0 Å². The van der Waals surface area contributed by atoms with E-state index in [0.29, 0.717) is 19.3 Å². The zero-order chi connectivity index (χ0) is 57.8. The summed E-state index contributed by atoms with van der Waals surface area (Å²) in [6.07, 6.45) is 96.0. The Morgan fingerprint density at radius 3 is 0.812 bits per heavy atom. The fraction of sp³-hybridized carbons (Fsp3) is 0.635. The third-order valence-corrected chi connectivity index (χ3v) is 13.6. The minimum atomic E-state index is -0.821. The minimum Gasteiger partial charge on any atom is -0.462 e. The fourth-order valence-electron chi connectivity index (χ4n) is 8.77. The molecule has 0 saturated heterocycles. The fourth-order valence-corrected chi connectivity index (χ4v) is 8.77. The van der Waals surface area contributed by atoms with E-state index < -0.39 is 12.1 Å². The van der Waals surface area contributed by atoms with Crippen molar-refractivity contribution in [2.75, 3.05) is 13.2 Å². The Balaban J connectivity index is 4.25. The number of hydrogen-bond acceptors (Lipinski definition) is 6. The SMILES string of the molecule is CC/C=C\C/C=C\C/C=C\C/C=C\C/C=C\C/C=C\CCCCCCCCCCCCCCCCC(=O)OCC(COC(=O)CCCCCCCCCCCC)OC(=O)CC/C=C\C/C=C\C/C=C\C/C=C\C/C=C\C/C=C\CC. The van der Waals surface area contributed by atoms with E-state index in [9.17, 15) is 14.4 Å². The second-order valence-corrected chi connectivity index (χ2v) is 21.3. The van der Waals surface area contributed by atoms with E-state index >= 15 is 0 Å². The van der Waals surface area contributed by atoms with Gasteiger partial charge in [-0.05, 0) is 109 Å². The lowest BCUT2D eigenvalue weighted by Crippen LogP contribution is -2.30. The zero-order valence-corrected chi connectivity index (χ0v) is 51.8. The molecule has 0 saturated carbocycles. The van der Waals surface area contributed by atoms with Crippen molar-refractivity contribution in [2.24, 2.45) is 0 Å². The van der Waals surface area contributed by atoms with Crippen LogP contribution < -0.4 is 0 Å². The number of ether oxygens (including phenoxy) is 3. The van der Waals surface area contributed by atoms with Crippen molar-refractivity contribution in [3.8, 4) is 0 Å². The third kappa shape index (κ3) is 64.1. The predicted octanol–water partition coefficient (Wildman–Crippen LogP) is 22.7. The number of unbranched alkanes of at least 4 members (excludes halogenated alkanes) is 23. The minimum absolute atomic E-state index is 0.109. The first-order valence-corrected chi connectivity index (χ1v) is 32.8. The van der Waals surface area contributed by atoms with Gasteiger partial charge in [-0.3, -0.25) is 14.4 Å². The van der Waals surface area contributed by atoms with Gasteiger partial charge in [0.15, 0.2) is 6.10 Å². The van der Waals surface area contributed by atoms with Crippen molar-refractivity contribution in [1.29, 1.82) is 0 Å². The highest BCUT2D eigenvalue weighted by Crippen LogP contribution is 2.16. The average molecular weight is 1110 g/mol. The Labute approximate surface area is 493 Å². The van der Waals surface area contributed by atoms with Crippen molar-refractivity contribution >= 4 is 17.9 Å². The smallest absolute Gasteiger partial charge is 0.306 e. The highest BCUT2D eigenvalue weighted by atomic mass is 16.6. The van der Waals surface area contributed by atoms with Gasteiger partial charge in [0.1, 0.15) is 13.2 Å². The highest BCUT2D eigenvalue weighted by Gasteiger charge is 2.19. The first-order valence-electron chi connectivity index (χ1n) is 32.8. The number of carbonyl (C=O) groups excluding carboxylic acids is 3. The summed E-state index contributed by atoms with van der Waals surface area (Å²) in [4.78, 5) is 38.2. The molecule has 0 radical (unpaired) electrons. The lowest BCUT2D eigenvalue weighted by atomic mass is 10.0. The molecule has 0 aliphatic heterocycles. The molecule has 0 aromatic carbocycles. The van der Waals surface area contributed by atoms with Crippen LogP contribution in [0.15, 0.2) is 146 Å². The van der Waals surface area contributed by atoms with E-state index in [1.165, 1.54) is 122 Å². The van der Waals surface area contributed by atoms with Gasteiger partial charge in [0.05, 0.1) is 0 Å². The molecule has 1 unspecified atom stereocenters. The molecule has 6 nitrogen and oxygen atoms in total. The van der Waals surface area contributed by atoms with Gasteiger partial charge in [-0.15, -0.1) is 0 Å². The largest absolute Gasteiger partial charge is 0.462 e. The third-order valence-electron chi connectivity index (χ3n) is 13.6. The quantitative estimate of drug-likeness (QED) is 0.0261. The maximum Gasteiger partial charge on any atom is 0.306 e. The lowest BCUT2D eigenvalue weighted by molar-refractivity contribution is -0.166. The molecule has 0 rings (SSSR count). The molecule has 0 aromatic rings. The molecule has 0 fully saturated rings. The number of esters is 3. The van der Waals surface area contributed by atoms with Crippen LogP contribution in [0.5, 0.6) is 0 Å². The molecule has 0 heterocycles. The Hall–Kier alpha value is -4.71. The molecule has 1 atom stereocenters. The first kappa shape index (κ1) is 75.3. The van der Waals surface area contributed by atoms with Crippen LogP contribution in [0.25, 0.3) is 0 Å². The molecule has 0 aliphatic rings. The van der Waals surface area contributed by atoms with Gasteiger partial charge in [0, 0.05) is 19.3 Å². The van der Waals surface area contributed by atoms with Gasteiger partial charge in [0.25, 0.3) is 0 Å². The van der Waals surface area contributed by atoms with Gasteiger partial charge in [0.2, 0.25) is 0 Å². The molecule has 0 bridgehead atoms. The van der Waals surface area contributed by atoms with Gasteiger partial charge >= 0.3 is 17.9 Å². The number of hydrogen-bond donors (Lipinski definition) is 0. The van der Waals surface area contributed by atoms with Crippen LogP contribution in [0.4, 0.5) is 0 Å². The van der Waals surface area contributed by atoms with Crippen LogP contribution in [0.3, 0.4) is 0 Å². The van der Waals surface area contributed by atoms with E-state index in [1.807, 2.05) is 6.08 Å². The Morgan fingerprint density at radius 1 is 0.263 bits per heavy atom. The molecule has 6 heteroatoms. The van der Waals surface area contributed by atoms with Crippen molar-refractivity contribution in [3.05, 3.63) is 146 Å². The molecule has 0 aromatic heterocycles. The average Bonchev–Trinajstić information content (AvgIpc) is 3.46.